The second-order valence-electron chi connectivity index (χ2n) is 3.29. The Labute approximate surface area is 99.7 Å². The van der Waals surface area contributed by atoms with Gasteiger partial charge in [0.2, 0.25) is 0 Å². The molecular formula is C12H17BrO2. The van der Waals surface area contributed by atoms with Gasteiger partial charge in [0.1, 0.15) is 5.75 Å². The highest BCUT2D eigenvalue weighted by Crippen LogP contribution is 2.20. The van der Waals surface area contributed by atoms with E-state index < -0.39 is 0 Å². The van der Waals surface area contributed by atoms with E-state index in [4.69, 9.17) is 9.47 Å². The fraction of sp³-hybridized carbons (Fsp3) is 0.500. The number of unbranched alkanes of at least 4 members (excludes halogenated alkanes) is 1. The van der Waals surface area contributed by atoms with E-state index in [-0.39, 0.29) is 0 Å². The summed E-state index contributed by atoms with van der Waals surface area (Å²) in [6, 6.07) is 8.09. The van der Waals surface area contributed by atoms with Crippen molar-refractivity contribution in [3.63, 3.8) is 0 Å². The highest BCUT2D eigenvalue weighted by atomic mass is 79.9. The van der Waals surface area contributed by atoms with Gasteiger partial charge < -0.3 is 9.47 Å². The number of methoxy groups -OCH3 is 1. The molecule has 0 atom stereocenters. The minimum Gasteiger partial charge on any atom is -0.493 e. The van der Waals surface area contributed by atoms with E-state index >= 15 is 0 Å². The van der Waals surface area contributed by atoms with E-state index in [0.29, 0.717) is 0 Å². The smallest absolute Gasteiger partial charge is 0.123 e. The molecule has 1 aromatic rings. The molecule has 0 saturated heterocycles. The van der Waals surface area contributed by atoms with Crippen LogP contribution in [0, 0.1) is 0 Å². The van der Waals surface area contributed by atoms with Gasteiger partial charge in [-0.3, -0.25) is 0 Å². The van der Waals surface area contributed by atoms with Crippen LogP contribution in [-0.4, -0.2) is 20.3 Å². The number of hydrogen-bond donors (Lipinski definition) is 0. The number of benzene rings is 1. The average molecular weight is 273 g/mol. The molecule has 0 aliphatic carbocycles. The third kappa shape index (κ3) is 4.67. The summed E-state index contributed by atoms with van der Waals surface area (Å²) >= 11 is 3.44. The third-order valence-electron chi connectivity index (χ3n) is 2.12. The molecule has 1 aromatic carbocycles. The van der Waals surface area contributed by atoms with Gasteiger partial charge in [-0.1, -0.05) is 34.1 Å². The Balaban J connectivity index is 2.30. The Morgan fingerprint density at radius 1 is 1.13 bits per heavy atom. The van der Waals surface area contributed by atoms with Gasteiger partial charge in [0.15, 0.2) is 0 Å². The van der Waals surface area contributed by atoms with Crippen molar-refractivity contribution in [2.45, 2.75) is 18.2 Å². The van der Waals surface area contributed by atoms with Crippen LogP contribution in [0.15, 0.2) is 24.3 Å². The average Bonchev–Trinajstić information content (AvgIpc) is 2.29. The zero-order valence-electron chi connectivity index (χ0n) is 9.04. The summed E-state index contributed by atoms with van der Waals surface area (Å²) < 4.78 is 10.7. The lowest BCUT2D eigenvalue weighted by molar-refractivity contribution is 0.184. The van der Waals surface area contributed by atoms with Crippen molar-refractivity contribution < 1.29 is 9.47 Å². The Hall–Kier alpha value is -0.540. The molecule has 0 N–H and O–H groups in total. The molecule has 0 radical (unpaired) electrons. The number of para-hydroxylation sites is 1. The van der Waals surface area contributed by atoms with Gasteiger partial charge in [0, 0.05) is 24.6 Å². The van der Waals surface area contributed by atoms with Crippen LogP contribution in [0.3, 0.4) is 0 Å². The van der Waals surface area contributed by atoms with E-state index in [1.807, 2.05) is 18.2 Å². The standard InChI is InChI=1S/C12H17BrO2/c1-14-8-4-5-9-15-12-7-3-2-6-11(12)10-13/h2-3,6-7H,4-5,8-10H2,1H3. The number of rotatable bonds is 7. The molecule has 0 unspecified atom stereocenters. The zero-order chi connectivity index (χ0) is 10.9. The summed E-state index contributed by atoms with van der Waals surface area (Å²) in [5.74, 6) is 0.979. The Morgan fingerprint density at radius 3 is 2.60 bits per heavy atom. The van der Waals surface area contributed by atoms with Gasteiger partial charge in [-0.2, -0.15) is 0 Å². The van der Waals surface area contributed by atoms with Crippen molar-refractivity contribution in [3.8, 4) is 5.75 Å². The van der Waals surface area contributed by atoms with Crippen LogP contribution in [-0.2, 0) is 10.1 Å². The van der Waals surface area contributed by atoms with Crippen molar-refractivity contribution in [1.29, 1.82) is 0 Å². The number of alkyl halides is 1. The van der Waals surface area contributed by atoms with Crippen LogP contribution in [0.2, 0.25) is 0 Å². The largest absolute Gasteiger partial charge is 0.493 e. The molecule has 0 bridgehead atoms. The van der Waals surface area contributed by atoms with Crippen molar-refractivity contribution in [1.82, 2.24) is 0 Å². The van der Waals surface area contributed by atoms with E-state index in [1.165, 1.54) is 5.56 Å². The number of halogens is 1. The Bertz CT molecular complexity index is 276. The third-order valence-corrected chi connectivity index (χ3v) is 2.72. The first-order chi connectivity index (χ1) is 7.38. The van der Waals surface area contributed by atoms with Gasteiger partial charge in [0.25, 0.3) is 0 Å². The minimum atomic E-state index is 0.757. The fourth-order valence-corrected chi connectivity index (χ4v) is 1.75. The zero-order valence-corrected chi connectivity index (χ0v) is 10.6. The van der Waals surface area contributed by atoms with E-state index in [2.05, 4.69) is 22.0 Å². The molecule has 0 heterocycles. The summed E-state index contributed by atoms with van der Waals surface area (Å²) in [5.41, 5.74) is 1.20. The maximum Gasteiger partial charge on any atom is 0.123 e. The molecule has 1 rings (SSSR count). The lowest BCUT2D eigenvalue weighted by Crippen LogP contribution is -2.01. The van der Waals surface area contributed by atoms with Gasteiger partial charge in [-0.05, 0) is 18.9 Å². The van der Waals surface area contributed by atoms with E-state index in [9.17, 15) is 0 Å². The lowest BCUT2D eigenvalue weighted by Gasteiger charge is -2.09. The van der Waals surface area contributed by atoms with Crippen LogP contribution >= 0.6 is 15.9 Å². The molecule has 0 aliphatic rings. The molecule has 84 valence electrons. The summed E-state index contributed by atoms with van der Waals surface area (Å²) in [7, 11) is 1.72. The lowest BCUT2D eigenvalue weighted by atomic mass is 10.2. The molecule has 15 heavy (non-hydrogen) atoms. The molecule has 2 nitrogen and oxygen atoms in total. The Kier molecular flexibility index (Phi) is 6.44. The predicted molar refractivity (Wildman–Crippen MR) is 65.7 cm³/mol. The SMILES string of the molecule is COCCCCOc1ccccc1CBr. The molecule has 0 amide bonds. The molecular weight excluding hydrogens is 256 g/mol. The normalized spacial score (nSPS) is 10.3. The molecule has 0 aliphatic heterocycles. The first-order valence-electron chi connectivity index (χ1n) is 5.14. The summed E-state index contributed by atoms with van der Waals surface area (Å²) in [5, 5.41) is 0.835. The van der Waals surface area contributed by atoms with Crippen molar-refractivity contribution in [2.24, 2.45) is 0 Å². The molecule has 0 fully saturated rings. The van der Waals surface area contributed by atoms with E-state index in [0.717, 1.165) is 37.1 Å². The fourth-order valence-electron chi connectivity index (χ4n) is 1.29. The maximum absolute atomic E-state index is 5.69. The van der Waals surface area contributed by atoms with Crippen LogP contribution < -0.4 is 4.74 Å². The second-order valence-corrected chi connectivity index (χ2v) is 3.85. The summed E-state index contributed by atoms with van der Waals surface area (Å²) in [4.78, 5) is 0. The highest BCUT2D eigenvalue weighted by Gasteiger charge is 2.00. The molecule has 3 heteroatoms. The number of hydrogen-bond acceptors (Lipinski definition) is 2. The highest BCUT2D eigenvalue weighted by molar-refractivity contribution is 9.08. The Morgan fingerprint density at radius 2 is 1.87 bits per heavy atom. The van der Waals surface area contributed by atoms with Gasteiger partial charge >= 0.3 is 0 Å². The topological polar surface area (TPSA) is 18.5 Å². The molecule has 0 aromatic heterocycles. The first kappa shape index (κ1) is 12.5. The number of ether oxygens (including phenoxy) is 2. The van der Waals surface area contributed by atoms with Crippen molar-refractivity contribution >= 4 is 15.9 Å². The van der Waals surface area contributed by atoms with Gasteiger partial charge in [-0.25, -0.2) is 0 Å². The van der Waals surface area contributed by atoms with E-state index in [1.54, 1.807) is 7.11 Å². The van der Waals surface area contributed by atoms with Crippen LogP contribution in [0.4, 0.5) is 0 Å². The van der Waals surface area contributed by atoms with Crippen molar-refractivity contribution in [2.75, 3.05) is 20.3 Å². The predicted octanol–water partition coefficient (Wildman–Crippen LogP) is 3.39. The second kappa shape index (κ2) is 7.71. The first-order valence-corrected chi connectivity index (χ1v) is 6.26. The minimum absolute atomic E-state index is 0.757. The van der Waals surface area contributed by atoms with Crippen LogP contribution in [0.5, 0.6) is 5.75 Å². The molecule has 0 spiro atoms. The monoisotopic (exact) mass is 272 g/mol. The van der Waals surface area contributed by atoms with Gasteiger partial charge in [0.05, 0.1) is 6.61 Å². The quantitative estimate of drug-likeness (QED) is 0.560. The van der Waals surface area contributed by atoms with Crippen molar-refractivity contribution in [3.05, 3.63) is 29.8 Å². The summed E-state index contributed by atoms with van der Waals surface area (Å²) in [6.07, 6.45) is 2.08. The maximum atomic E-state index is 5.69. The van der Waals surface area contributed by atoms with Crippen LogP contribution in [0.25, 0.3) is 0 Å². The van der Waals surface area contributed by atoms with Gasteiger partial charge in [-0.15, -0.1) is 0 Å². The van der Waals surface area contributed by atoms with Crippen LogP contribution in [0.1, 0.15) is 18.4 Å². The summed E-state index contributed by atoms with van der Waals surface area (Å²) in [6.45, 7) is 1.57. The molecule has 0 saturated carbocycles.